The van der Waals surface area contributed by atoms with Gasteiger partial charge in [-0.05, 0) is 0 Å². The molecular formula is C11H15Rf-. The van der Waals surface area contributed by atoms with Crippen LogP contribution in [0.3, 0.4) is 0 Å². The van der Waals surface area contributed by atoms with Crippen molar-refractivity contribution >= 4 is 0 Å². The number of hydrogen-bond acceptors (Lipinski definition) is 0. The molecule has 0 amide bonds. The summed E-state index contributed by atoms with van der Waals surface area (Å²) in [5.74, 6) is 0. The fraction of sp³-hybridized carbons (Fsp3) is 0.455. The van der Waals surface area contributed by atoms with E-state index in [9.17, 15) is 0 Å². The van der Waals surface area contributed by atoms with Gasteiger partial charge in [0.15, 0.2) is 0 Å². The summed E-state index contributed by atoms with van der Waals surface area (Å²) in [4.78, 5) is 0. The van der Waals surface area contributed by atoms with Gasteiger partial charge in [0, 0.05) is 0 Å². The van der Waals surface area contributed by atoms with Crippen LogP contribution in [-0.2, 0) is 5.41 Å². The summed E-state index contributed by atoms with van der Waals surface area (Å²) in [5.41, 5.74) is 2.90. The third-order valence-electron chi connectivity index (χ3n) is 1.80. The van der Waals surface area contributed by atoms with Crippen molar-refractivity contribution in [2.45, 2.75) is 33.1 Å². The van der Waals surface area contributed by atoms with Crippen molar-refractivity contribution in [2.24, 2.45) is 0 Å². The number of rotatable bonds is 0. The zero-order valence-electron chi connectivity index (χ0n) is 8.44. The van der Waals surface area contributed by atoms with Gasteiger partial charge >= 0.3 is 0 Å². The topological polar surface area (TPSA) is 0 Å². The Morgan fingerprint density at radius 1 is 1.17 bits per heavy atom. The number of benzene rings is 1. The molecule has 1 heteroatoms. The smallest absolute Gasteiger partial charge is 0 e. The first-order valence-electron chi connectivity index (χ1n) is 3.98. The summed E-state index contributed by atoms with van der Waals surface area (Å²) in [5, 5.41) is 0. The van der Waals surface area contributed by atoms with Crippen LogP contribution in [0.15, 0.2) is 18.2 Å². The first kappa shape index (κ1) is 10.2. The van der Waals surface area contributed by atoms with Crippen LogP contribution in [0.1, 0.15) is 31.9 Å². The molecular weight excluding hydrogens is 399 g/mol. The molecule has 1 rings (SSSR count). The molecule has 1 aromatic rings. The summed E-state index contributed by atoms with van der Waals surface area (Å²) in [6.07, 6.45) is 0. The van der Waals surface area contributed by atoms with E-state index >= 15 is 0 Å². The Balaban J connectivity index is 0.00000121. The Morgan fingerprint density at radius 3 is 2.08 bits per heavy atom. The average molecular weight is 414 g/mol. The Kier molecular flexibility index (Phi) is 2.62. The van der Waals surface area contributed by atoms with Crippen LogP contribution in [0.4, 0.5) is 0 Å². The van der Waals surface area contributed by atoms with Gasteiger partial charge in [-0.3, -0.25) is 0 Å². The predicted octanol–water partition coefficient (Wildman–Crippen LogP) is 3.09. The van der Waals surface area contributed by atoms with E-state index in [4.69, 9.17) is 0 Å². The van der Waals surface area contributed by atoms with Crippen LogP contribution in [0, 0.1) is 13.0 Å². The van der Waals surface area contributed by atoms with Crippen molar-refractivity contribution in [2.75, 3.05) is 0 Å². The maximum atomic E-state index is 3.14. The van der Waals surface area contributed by atoms with E-state index < -0.39 is 0 Å². The van der Waals surface area contributed by atoms with E-state index in [-0.39, 0.29) is 5.41 Å². The van der Waals surface area contributed by atoms with E-state index in [2.05, 4.69) is 45.9 Å². The van der Waals surface area contributed by atoms with Crippen LogP contribution in [-0.4, -0.2) is 0 Å². The minimum Gasteiger partial charge on any atom is -0.183 e. The monoisotopic (exact) mass is 414 g/mol. The Labute approximate surface area is 69.3 Å². The van der Waals surface area contributed by atoms with Crippen molar-refractivity contribution in [3.05, 3.63) is 35.4 Å². The minimum atomic E-state index is 0. The molecule has 0 saturated carbocycles. The minimum absolute atomic E-state index is 0. The third kappa shape index (κ3) is 2.12. The van der Waals surface area contributed by atoms with E-state index in [1.54, 1.807) is 0 Å². The van der Waals surface area contributed by atoms with E-state index in [0.717, 1.165) is 0 Å². The third-order valence-corrected chi connectivity index (χ3v) is 1.80. The zero-order valence-corrected chi connectivity index (χ0v) is 14.8. The van der Waals surface area contributed by atoms with Gasteiger partial charge in [-0.15, -0.1) is 0 Å². The van der Waals surface area contributed by atoms with Gasteiger partial charge in [0.1, 0.15) is 0 Å². The van der Waals surface area contributed by atoms with Gasteiger partial charge in [0.25, 0.3) is 0 Å². The van der Waals surface area contributed by atoms with Crippen LogP contribution >= 0.6 is 0 Å². The molecule has 0 N–H and O–H groups in total. The second kappa shape index (κ2) is 3.08. The summed E-state index contributed by atoms with van der Waals surface area (Å²) in [6, 6.07) is 9.43. The molecule has 0 heterocycles. The van der Waals surface area contributed by atoms with E-state index in [0.29, 0.717) is 0 Å². The second-order valence-electron chi connectivity index (χ2n) is 4.05. The Morgan fingerprint density at radius 2 is 1.75 bits per heavy atom. The molecule has 0 nitrogen and oxygen atoms in total. The average Bonchev–Trinajstić information content (AvgIpc) is 1.86. The van der Waals surface area contributed by atoms with Gasteiger partial charge < -0.3 is 0 Å². The van der Waals surface area contributed by atoms with E-state index in [1.807, 2.05) is 6.07 Å². The van der Waals surface area contributed by atoms with Crippen molar-refractivity contribution < 1.29 is 0 Å². The van der Waals surface area contributed by atoms with E-state index in [1.165, 1.54) is 11.1 Å². The summed E-state index contributed by atoms with van der Waals surface area (Å²) in [6.45, 7) is 8.76. The molecule has 0 aliphatic rings. The maximum absolute atomic E-state index is 3.14. The van der Waals surface area contributed by atoms with Crippen LogP contribution in [0.25, 0.3) is 0 Å². The van der Waals surface area contributed by atoms with Gasteiger partial charge in [0.2, 0.25) is 0 Å². The van der Waals surface area contributed by atoms with Gasteiger partial charge in [-0.1, -0.05) is 33.1 Å². The summed E-state index contributed by atoms with van der Waals surface area (Å²) >= 11 is 0. The summed E-state index contributed by atoms with van der Waals surface area (Å²) in [7, 11) is 0. The maximum Gasteiger partial charge on any atom is 0 e. The first-order chi connectivity index (χ1) is 5.00. The molecule has 0 aromatic heterocycles. The Bertz CT molecular complexity index is 245. The fourth-order valence-electron chi connectivity index (χ4n) is 1.02. The SMILES string of the molecule is Cc1c[c-]cc(C(C)(C)C)c1.[Rf]. The van der Waals surface area contributed by atoms with Crippen LogP contribution < -0.4 is 0 Å². The molecule has 62 valence electrons. The standard InChI is InChI=1S/C11H15.Rf/c1-9-6-5-7-10(8-9)11(2,3)4;/h6-8H,1-4H3;/q-1;. The normalized spacial score (nSPS) is 10.7. The van der Waals surface area contributed by atoms with Crippen molar-refractivity contribution in [3.63, 3.8) is 0 Å². The van der Waals surface area contributed by atoms with Crippen molar-refractivity contribution in [1.29, 1.82) is 0 Å². The Hall–Kier alpha value is -1.78. The predicted molar refractivity (Wildman–Crippen MR) is 48.7 cm³/mol. The molecule has 12 heavy (non-hydrogen) atoms. The van der Waals surface area contributed by atoms with Crippen molar-refractivity contribution in [1.82, 2.24) is 0 Å². The molecule has 1 aromatic carbocycles. The van der Waals surface area contributed by atoms with Crippen LogP contribution in [0.2, 0.25) is 0 Å². The molecule has 0 aliphatic carbocycles. The molecule has 0 spiro atoms. The molecule has 0 saturated heterocycles. The molecule has 0 radical (unpaired) electrons. The fourth-order valence-corrected chi connectivity index (χ4v) is 1.02. The largest absolute Gasteiger partial charge is 0.183 e. The van der Waals surface area contributed by atoms with Gasteiger partial charge in [0.05, 0.1) is 0 Å². The second-order valence-corrected chi connectivity index (χ2v) is 4.05. The number of hydrogen-bond donors (Lipinski definition) is 0. The summed E-state index contributed by atoms with van der Waals surface area (Å²) < 4.78 is 0. The molecule has 0 bridgehead atoms. The molecule has 0 atom stereocenters. The van der Waals surface area contributed by atoms with Crippen LogP contribution in [0.5, 0.6) is 0 Å². The zero-order chi connectivity index (χ0) is 8.48. The van der Waals surface area contributed by atoms with Crippen molar-refractivity contribution in [3.8, 4) is 0 Å². The quantitative estimate of drug-likeness (QED) is 0.573. The molecule has 0 unspecified atom stereocenters. The number of aryl methyl sites for hydroxylation is 1. The van der Waals surface area contributed by atoms with Gasteiger partial charge in [-0.2, -0.15) is 35.4 Å². The van der Waals surface area contributed by atoms with Gasteiger partial charge in [-0.25, -0.2) is 0 Å². The molecule has 0 fully saturated rings. The first-order valence-corrected chi connectivity index (χ1v) is 3.98. The molecule has 0 aliphatic heterocycles.